The van der Waals surface area contributed by atoms with E-state index >= 15 is 0 Å². The first-order valence-electron chi connectivity index (χ1n) is 5.04. The van der Waals surface area contributed by atoms with Crippen LogP contribution in [-0.4, -0.2) is 42.9 Å². The number of furan rings is 1. The second kappa shape index (κ2) is 6.23. The molecule has 0 saturated carbocycles. The van der Waals surface area contributed by atoms with Crippen LogP contribution >= 0.6 is 0 Å². The summed E-state index contributed by atoms with van der Waals surface area (Å²) in [5, 5.41) is 10.8. The van der Waals surface area contributed by atoms with Gasteiger partial charge in [-0.15, -0.1) is 0 Å². The lowest BCUT2D eigenvalue weighted by atomic mass is 10.3. The Labute approximate surface area is 105 Å². The maximum Gasteiger partial charge on any atom is 0.411 e. The number of halogens is 3. The molecule has 0 bridgehead atoms. The number of carboxylic acids is 1. The van der Waals surface area contributed by atoms with E-state index in [2.05, 4.69) is 14.5 Å². The van der Waals surface area contributed by atoms with E-state index in [-0.39, 0.29) is 24.5 Å². The third-order valence-electron chi connectivity index (χ3n) is 1.87. The van der Waals surface area contributed by atoms with Crippen molar-refractivity contribution in [3.63, 3.8) is 0 Å². The number of amides is 1. The molecule has 1 heterocycles. The summed E-state index contributed by atoms with van der Waals surface area (Å²) >= 11 is 0. The standard InChI is InChI=1S/C10H10F3NO5/c11-10(12,13)5-18-2-1-14-8(15)7-3-6(4-19-7)9(16)17/h3-4H,1-2,5H2,(H,14,15)(H,16,17). The number of carbonyl (C=O) groups is 2. The Morgan fingerprint density at radius 2 is 2.11 bits per heavy atom. The highest BCUT2D eigenvalue weighted by atomic mass is 19.4. The van der Waals surface area contributed by atoms with Crippen molar-refractivity contribution in [2.24, 2.45) is 0 Å². The van der Waals surface area contributed by atoms with Crippen LogP contribution < -0.4 is 5.32 Å². The molecule has 0 saturated heterocycles. The lowest BCUT2D eigenvalue weighted by molar-refractivity contribution is -0.173. The third-order valence-corrected chi connectivity index (χ3v) is 1.87. The number of nitrogens with one attached hydrogen (secondary N) is 1. The van der Waals surface area contributed by atoms with Crippen LogP contribution in [0.4, 0.5) is 13.2 Å². The molecule has 0 aliphatic rings. The summed E-state index contributed by atoms with van der Waals surface area (Å²) < 4.78 is 44.1. The third kappa shape index (κ3) is 5.42. The molecular formula is C10H10F3NO5. The average molecular weight is 281 g/mol. The first kappa shape index (κ1) is 15.0. The summed E-state index contributed by atoms with van der Waals surface area (Å²) in [6, 6.07) is 1.01. The number of rotatable bonds is 6. The lowest BCUT2D eigenvalue weighted by Crippen LogP contribution is -2.28. The van der Waals surface area contributed by atoms with Crippen molar-refractivity contribution < 1.29 is 37.0 Å². The van der Waals surface area contributed by atoms with Gasteiger partial charge in [-0.1, -0.05) is 0 Å². The van der Waals surface area contributed by atoms with Crippen molar-refractivity contribution in [2.75, 3.05) is 19.8 Å². The van der Waals surface area contributed by atoms with Crippen molar-refractivity contribution >= 4 is 11.9 Å². The normalized spacial score (nSPS) is 11.3. The molecule has 0 aliphatic heterocycles. The van der Waals surface area contributed by atoms with E-state index in [0.29, 0.717) is 0 Å². The highest BCUT2D eigenvalue weighted by molar-refractivity contribution is 5.95. The van der Waals surface area contributed by atoms with Crippen molar-refractivity contribution in [2.45, 2.75) is 6.18 Å². The molecule has 1 aromatic heterocycles. The van der Waals surface area contributed by atoms with Gasteiger partial charge >= 0.3 is 12.1 Å². The summed E-state index contributed by atoms with van der Waals surface area (Å²) in [6.45, 7) is -1.87. The van der Waals surface area contributed by atoms with Crippen molar-refractivity contribution in [1.82, 2.24) is 5.32 Å². The van der Waals surface area contributed by atoms with Crippen LogP contribution in [0.3, 0.4) is 0 Å². The molecule has 0 aliphatic carbocycles. The second-order valence-electron chi connectivity index (χ2n) is 3.43. The predicted molar refractivity (Wildman–Crippen MR) is 54.9 cm³/mol. The molecule has 6 nitrogen and oxygen atoms in total. The minimum atomic E-state index is -4.42. The van der Waals surface area contributed by atoms with Crippen LogP contribution in [0, 0.1) is 0 Å². The quantitative estimate of drug-likeness (QED) is 0.767. The van der Waals surface area contributed by atoms with E-state index in [0.717, 1.165) is 12.3 Å². The first-order valence-corrected chi connectivity index (χ1v) is 5.04. The van der Waals surface area contributed by atoms with Gasteiger partial charge in [0.1, 0.15) is 12.9 Å². The maximum absolute atomic E-state index is 11.7. The molecular weight excluding hydrogens is 271 g/mol. The van der Waals surface area contributed by atoms with E-state index in [4.69, 9.17) is 5.11 Å². The predicted octanol–water partition coefficient (Wildman–Crippen LogP) is 1.29. The van der Waals surface area contributed by atoms with E-state index in [9.17, 15) is 22.8 Å². The monoisotopic (exact) mass is 281 g/mol. The molecule has 0 radical (unpaired) electrons. The number of alkyl halides is 3. The Morgan fingerprint density at radius 3 is 2.63 bits per heavy atom. The molecule has 1 rings (SSSR count). The molecule has 1 amide bonds. The number of hydrogen-bond donors (Lipinski definition) is 2. The Bertz CT molecular complexity index is 454. The van der Waals surface area contributed by atoms with Crippen molar-refractivity contribution in [3.8, 4) is 0 Å². The molecule has 0 atom stereocenters. The number of ether oxygens (including phenoxy) is 1. The van der Waals surface area contributed by atoms with Gasteiger partial charge < -0.3 is 19.6 Å². The minimum Gasteiger partial charge on any atom is -0.478 e. The molecule has 106 valence electrons. The topological polar surface area (TPSA) is 88.8 Å². The second-order valence-corrected chi connectivity index (χ2v) is 3.43. The number of aromatic carboxylic acids is 1. The van der Waals surface area contributed by atoms with E-state index in [1.165, 1.54) is 0 Å². The summed E-state index contributed by atoms with van der Waals surface area (Å²) in [5.41, 5.74) is -0.196. The van der Waals surface area contributed by atoms with Gasteiger partial charge in [-0.3, -0.25) is 4.79 Å². The molecule has 0 unspecified atom stereocenters. The van der Waals surface area contributed by atoms with Gasteiger partial charge in [0.2, 0.25) is 0 Å². The Kier molecular flexibility index (Phi) is 4.93. The van der Waals surface area contributed by atoms with Crippen LogP contribution in [-0.2, 0) is 4.74 Å². The molecule has 0 fully saturated rings. The van der Waals surface area contributed by atoms with Gasteiger partial charge in [0.05, 0.1) is 12.2 Å². The van der Waals surface area contributed by atoms with E-state index < -0.39 is 24.7 Å². The van der Waals surface area contributed by atoms with E-state index in [1.54, 1.807) is 0 Å². The minimum absolute atomic E-state index is 0.155. The Hall–Kier alpha value is -2.03. The smallest absolute Gasteiger partial charge is 0.411 e. The van der Waals surface area contributed by atoms with Gasteiger partial charge in [0, 0.05) is 12.6 Å². The fourth-order valence-corrected chi connectivity index (χ4v) is 1.08. The highest BCUT2D eigenvalue weighted by Crippen LogP contribution is 2.14. The van der Waals surface area contributed by atoms with Gasteiger partial charge in [0.25, 0.3) is 5.91 Å². The van der Waals surface area contributed by atoms with Crippen molar-refractivity contribution in [1.29, 1.82) is 0 Å². The molecule has 0 aromatic carbocycles. The lowest BCUT2D eigenvalue weighted by Gasteiger charge is -2.07. The van der Waals surface area contributed by atoms with E-state index in [1.807, 2.05) is 0 Å². The van der Waals surface area contributed by atoms with Crippen LogP contribution in [0.15, 0.2) is 16.7 Å². The zero-order valence-corrected chi connectivity index (χ0v) is 9.49. The SMILES string of the molecule is O=C(O)c1coc(C(=O)NCCOCC(F)(F)F)c1. The summed E-state index contributed by atoms with van der Waals surface area (Å²) in [4.78, 5) is 21.9. The van der Waals surface area contributed by atoms with Crippen molar-refractivity contribution in [3.05, 3.63) is 23.7 Å². The fourth-order valence-electron chi connectivity index (χ4n) is 1.08. The van der Waals surface area contributed by atoms with Crippen LogP contribution in [0.2, 0.25) is 0 Å². The summed E-state index contributed by atoms with van der Waals surface area (Å²) in [7, 11) is 0. The number of hydrogen-bond acceptors (Lipinski definition) is 4. The fraction of sp³-hybridized carbons (Fsp3) is 0.400. The Morgan fingerprint density at radius 1 is 1.42 bits per heavy atom. The zero-order valence-electron chi connectivity index (χ0n) is 9.49. The molecule has 2 N–H and O–H groups in total. The van der Waals surface area contributed by atoms with Gasteiger partial charge in [-0.2, -0.15) is 13.2 Å². The molecule has 0 spiro atoms. The maximum atomic E-state index is 11.7. The Balaban J connectivity index is 2.29. The van der Waals surface area contributed by atoms with Gasteiger partial charge in [-0.05, 0) is 0 Å². The highest BCUT2D eigenvalue weighted by Gasteiger charge is 2.27. The first-order chi connectivity index (χ1) is 8.79. The van der Waals surface area contributed by atoms with Crippen LogP contribution in [0.25, 0.3) is 0 Å². The molecule has 19 heavy (non-hydrogen) atoms. The molecule has 9 heteroatoms. The van der Waals surface area contributed by atoms with Crippen LogP contribution in [0.1, 0.15) is 20.9 Å². The average Bonchev–Trinajstić information content (AvgIpc) is 2.76. The summed E-state index contributed by atoms with van der Waals surface area (Å²) in [5.74, 6) is -2.23. The zero-order chi connectivity index (χ0) is 14.5. The largest absolute Gasteiger partial charge is 0.478 e. The van der Waals surface area contributed by atoms with Gasteiger partial charge in [-0.25, -0.2) is 4.79 Å². The molecule has 1 aromatic rings. The number of carbonyl (C=O) groups excluding carboxylic acids is 1. The number of carboxylic acid groups (broad SMARTS) is 1. The van der Waals surface area contributed by atoms with Gasteiger partial charge in [0.15, 0.2) is 5.76 Å². The van der Waals surface area contributed by atoms with Crippen LogP contribution in [0.5, 0.6) is 0 Å². The summed E-state index contributed by atoms with van der Waals surface area (Å²) in [6.07, 6.45) is -3.53.